The lowest BCUT2D eigenvalue weighted by Crippen LogP contribution is -2.40. The fourth-order valence-corrected chi connectivity index (χ4v) is 4.16. The van der Waals surface area contributed by atoms with Crippen LogP contribution in [0.25, 0.3) is 0 Å². The van der Waals surface area contributed by atoms with Gasteiger partial charge in [0.2, 0.25) is 0 Å². The summed E-state index contributed by atoms with van der Waals surface area (Å²) in [4.78, 5) is 18.7. The molecule has 7 heteroatoms. The third-order valence-corrected chi connectivity index (χ3v) is 5.89. The Hall–Kier alpha value is -2.31. The lowest BCUT2D eigenvalue weighted by atomic mass is 9.98. The van der Waals surface area contributed by atoms with Gasteiger partial charge in [-0.25, -0.2) is 4.98 Å². The van der Waals surface area contributed by atoms with E-state index < -0.39 is 0 Å². The van der Waals surface area contributed by atoms with E-state index in [0.29, 0.717) is 55.4 Å². The molecule has 2 aliphatic rings. The van der Waals surface area contributed by atoms with Gasteiger partial charge in [0, 0.05) is 25.8 Å². The summed E-state index contributed by atoms with van der Waals surface area (Å²) in [5.74, 6) is 1.41. The number of pyridine rings is 1. The molecule has 0 atom stereocenters. The standard InChI is InChI=1S/C23H28ClN3O3/c24-21-14-18(23(28)27-9-11-29-12-10-27)16-26-22(21)25-15-17-5-4-8-20(13-17)30-19-6-2-1-3-7-19/h4-5,8,13-14,16,19H,1-3,6-7,9-12,15H2,(H,25,26). The van der Waals surface area contributed by atoms with Gasteiger partial charge in [0.1, 0.15) is 11.6 Å². The highest BCUT2D eigenvalue weighted by Crippen LogP contribution is 2.25. The van der Waals surface area contributed by atoms with Crippen LogP contribution >= 0.6 is 11.6 Å². The SMILES string of the molecule is O=C(c1cnc(NCc2cccc(OC3CCCCC3)c2)c(Cl)c1)N1CCOCC1. The van der Waals surface area contributed by atoms with E-state index in [1.165, 1.54) is 19.3 Å². The number of aromatic nitrogens is 1. The molecule has 1 aromatic heterocycles. The molecule has 2 aromatic rings. The summed E-state index contributed by atoms with van der Waals surface area (Å²) >= 11 is 6.39. The highest BCUT2D eigenvalue weighted by molar-refractivity contribution is 6.33. The molecular weight excluding hydrogens is 402 g/mol. The van der Waals surface area contributed by atoms with E-state index in [1.807, 2.05) is 18.2 Å². The van der Waals surface area contributed by atoms with Crippen molar-refractivity contribution in [2.24, 2.45) is 0 Å². The minimum atomic E-state index is -0.0631. The van der Waals surface area contributed by atoms with Crippen LogP contribution in [-0.2, 0) is 11.3 Å². The number of rotatable bonds is 6. The number of carbonyl (C=O) groups excluding carboxylic acids is 1. The van der Waals surface area contributed by atoms with Gasteiger partial charge in [-0.2, -0.15) is 0 Å². The normalized spacial score (nSPS) is 17.6. The van der Waals surface area contributed by atoms with E-state index in [0.717, 1.165) is 24.2 Å². The van der Waals surface area contributed by atoms with Gasteiger partial charge in [0.25, 0.3) is 5.91 Å². The Labute approximate surface area is 182 Å². The van der Waals surface area contributed by atoms with E-state index in [2.05, 4.69) is 16.4 Å². The number of amides is 1. The van der Waals surface area contributed by atoms with Crippen LogP contribution in [0.3, 0.4) is 0 Å². The molecule has 0 radical (unpaired) electrons. The predicted molar refractivity (Wildman–Crippen MR) is 117 cm³/mol. The molecule has 0 spiro atoms. The van der Waals surface area contributed by atoms with Crippen molar-refractivity contribution in [1.29, 1.82) is 0 Å². The van der Waals surface area contributed by atoms with Crippen LogP contribution in [-0.4, -0.2) is 48.2 Å². The van der Waals surface area contributed by atoms with Crippen LogP contribution in [0.5, 0.6) is 5.75 Å². The third-order valence-electron chi connectivity index (χ3n) is 5.60. The van der Waals surface area contributed by atoms with Crippen molar-refractivity contribution >= 4 is 23.3 Å². The van der Waals surface area contributed by atoms with Crippen molar-refractivity contribution in [1.82, 2.24) is 9.88 Å². The van der Waals surface area contributed by atoms with Gasteiger partial charge < -0.3 is 19.7 Å². The van der Waals surface area contributed by atoms with E-state index in [1.54, 1.807) is 17.2 Å². The molecule has 1 aliphatic heterocycles. The molecule has 1 N–H and O–H groups in total. The monoisotopic (exact) mass is 429 g/mol. The summed E-state index contributed by atoms with van der Waals surface area (Å²) in [7, 11) is 0. The molecule has 1 aliphatic carbocycles. The maximum Gasteiger partial charge on any atom is 0.255 e. The first-order chi connectivity index (χ1) is 14.7. The average molecular weight is 430 g/mol. The van der Waals surface area contributed by atoms with Crippen LogP contribution in [0, 0.1) is 0 Å². The second-order valence-corrected chi connectivity index (χ2v) is 8.25. The molecule has 6 nitrogen and oxygen atoms in total. The van der Waals surface area contributed by atoms with Crippen LogP contribution < -0.4 is 10.1 Å². The Morgan fingerprint density at radius 2 is 2.00 bits per heavy atom. The molecule has 160 valence electrons. The van der Waals surface area contributed by atoms with Gasteiger partial charge >= 0.3 is 0 Å². The van der Waals surface area contributed by atoms with Crippen LogP contribution in [0.15, 0.2) is 36.5 Å². The number of carbonyl (C=O) groups is 1. The van der Waals surface area contributed by atoms with E-state index >= 15 is 0 Å². The molecule has 2 fully saturated rings. The number of nitrogens with zero attached hydrogens (tertiary/aromatic N) is 2. The minimum Gasteiger partial charge on any atom is -0.490 e. The minimum absolute atomic E-state index is 0.0631. The number of ether oxygens (including phenoxy) is 2. The zero-order chi connectivity index (χ0) is 20.8. The summed E-state index contributed by atoms with van der Waals surface area (Å²) in [5, 5.41) is 3.70. The first-order valence-electron chi connectivity index (χ1n) is 10.7. The molecule has 1 aromatic carbocycles. The second kappa shape index (κ2) is 10.1. The first-order valence-corrected chi connectivity index (χ1v) is 11.1. The van der Waals surface area contributed by atoms with Gasteiger partial charge in [0.15, 0.2) is 0 Å². The number of nitrogens with one attached hydrogen (secondary N) is 1. The van der Waals surface area contributed by atoms with Crippen molar-refractivity contribution < 1.29 is 14.3 Å². The largest absolute Gasteiger partial charge is 0.490 e. The maximum atomic E-state index is 12.6. The number of benzene rings is 1. The topological polar surface area (TPSA) is 63.7 Å². The summed E-state index contributed by atoms with van der Waals surface area (Å²) in [6, 6.07) is 9.80. The quantitative estimate of drug-likeness (QED) is 0.730. The number of anilines is 1. The van der Waals surface area contributed by atoms with E-state index in [-0.39, 0.29) is 5.91 Å². The van der Waals surface area contributed by atoms with E-state index in [4.69, 9.17) is 21.1 Å². The van der Waals surface area contributed by atoms with Gasteiger partial charge in [-0.1, -0.05) is 30.2 Å². The number of morpholine rings is 1. The van der Waals surface area contributed by atoms with Crippen molar-refractivity contribution in [2.75, 3.05) is 31.6 Å². The Kier molecular flexibility index (Phi) is 7.07. The van der Waals surface area contributed by atoms with Crippen LogP contribution in [0.2, 0.25) is 5.02 Å². The summed E-state index contributed by atoms with van der Waals surface area (Å²) in [6.07, 6.45) is 7.99. The Bertz CT molecular complexity index is 865. The molecule has 4 rings (SSSR count). The van der Waals surface area contributed by atoms with Gasteiger partial charge in [-0.15, -0.1) is 0 Å². The lowest BCUT2D eigenvalue weighted by Gasteiger charge is -2.26. The Balaban J connectivity index is 1.35. The third kappa shape index (κ3) is 5.43. The molecular formula is C23H28ClN3O3. The van der Waals surface area contributed by atoms with Crippen molar-refractivity contribution in [3.8, 4) is 5.75 Å². The Morgan fingerprint density at radius 3 is 2.77 bits per heavy atom. The van der Waals surface area contributed by atoms with Gasteiger partial charge in [-0.05, 0) is 49.4 Å². The van der Waals surface area contributed by atoms with Crippen molar-refractivity contribution in [3.05, 3.63) is 52.7 Å². The van der Waals surface area contributed by atoms with E-state index in [9.17, 15) is 4.79 Å². The summed E-state index contributed by atoms with van der Waals surface area (Å²) < 4.78 is 11.4. The van der Waals surface area contributed by atoms with Gasteiger partial charge in [0.05, 0.1) is 29.9 Å². The number of hydrogen-bond acceptors (Lipinski definition) is 5. The molecule has 30 heavy (non-hydrogen) atoms. The Morgan fingerprint density at radius 1 is 1.20 bits per heavy atom. The predicted octanol–water partition coefficient (Wildman–Crippen LogP) is 4.53. The molecule has 1 amide bonds. The molecule has 1 saturated heterocycles. The summed E-state index contributed by atoms with van der Waals surface area (Å²) in [6.45, 7) is 2.89. The highest BCUT2D eigenvalue weighted by atomic mass is 35.5. The zero-order valence-electron chi connectivity index (χ0n) is 17.1. The first kappa shape index (κ1) is 20.9. The molecule has 0 bridgehead atoms. The van der Waals surface area contributed by atoms with Crippen LogP contribution in [0.4, 0.5) is 5.82 Å². The van der Waals surface area contributed by atoms with Crippen molar-refractivity contribution in [3.63, 3.8) is 0 Å². The second-order valence-electron chi connectivity index (χ2n) is 7.84. The molecule has 1 saturated carbocycles. The average Bonchev–Trinajstić information content (AvgIpc) is 2.79. The zero-order valence-corrected chi connectivity index (χ0v) is 17.9. The highest BCUT2D eigenvalue weighted by Gasteiger charge is 2.20. The smallest absolute Gasteiger partial charge is 0.255 e. The fourth-order valence-electron chi connectivity index (χ4n) is 3.92. The van der Waals surface area contributed by atoms with Gasteiger partial charge in [-0.3, -0.25) is 4.79 Å². The molecule has 0 unspecified atom stereocenters. The lowest BCUT2D eigenvalue weighted by molar-refractivity contribution is 0.0302. The van der Waals surface area contributed by atoms with Crippen LogP contribution in [0.1, 0.15) is 48.0 Å². The number of hydrogen-bond donors (Lipinski definition) is 1. The fraction of sp³-hybridized carbons (Fsp3) is 0.478. The molecule has 2 heterocycles. The van der Waals surface area contributed by atoms with Crippen molar-refractivity contribution in [2.45, 2.75) is 44.8 Å². The summed E-state index contributed by atoms with van der Waals surface area (Å²) in [5.41, 5.74) is 1.59. The number of halogens is 1. The maximum absolute atomic E-state index is 12.6.